The Balaban J connectivity index is 1.98. The van der Waals surface area contributed by atoms with Crippen LogP contribution in [0.5, 0.6) is 0 Å². The van der Waals surface area contributed by atoms with Gasteiger partial charge in [0.1, 0.15) is 5.01 Å². The second-order valence-electron chi connectivity index (χ2n) is 4.70. The molecule has 1 aliphatic rings. The number of rotatable bonds is 3. The van der Waals surface area contributed by atoms with Gasteiger partial charge < -0.3 is 4.74 Å². The average Bonchev–Trinajstić information content (AvgIpc) is 2.85. The van der Waals surface area contributed by atoms with Gasteiger partial charge in [0.15, 0.2) is 5.78 Å². The van der Waals surface area contributed by atoms with Crippen LogP contribution in [0.3, 0.4) is 0 Å². The highest BCUT2D eigenvalue weighted by Crippen LogP contribution is 2.32. The van der Waals surface area contributed by atoms with Crippen LogP contribution < -0.4 is 0 Å². The summed E-state index contributed by atoms with van der Waals surface area (Å²) in [6.45, 7) is 0.595. The van der Waals surface area contributed by atoms with Crippen molar-refractivity contribution < 1.29 is 9.53 Å². The fraction of sp³-hybridized carbons (Fsp3) is 0.333. The van der Waals surface area contributed by atoms with Crippen LogP contribution in [0, 0.1) is 0 Å². The molecule has 3 rings (SSSR count). The zero-order valence-electron chi connectivity index (χ0n) is 10.8. The van der Waals surface area contributed by atoms with Gasteiger partial charge in [-0.15, -0.1) is 11.3 Å². The maximum absolute atomic E-state index is 11.9. The topological polar surface area (TPSA) is 39.2 Å². The molecule has 1 aromatic heterocycles. The molecule has 0 saturated heterocycles. The molecule has 1 aliphatic carbocycles. The Hall–Kier alpha value is -1.52. The molecule has 4 heteroatoms. The molecule has 1 aromatic carbocycles. The summed E-state index contributed by atoms with van der Waals surface area (Å²) >= 11 is 1.52. The van der Waals surface area contributed by atoms with Crippen LogP contribution in [0.1, 0.15) is 33.8 Å². The minimum Gasteiger partial charge on any atom is -0.380 e. The molecule has 0 aliphatic heterocycles. The molecule has 0 bridgehead atoms. The second-order valence-corrected chi connectivity index (χ2v) is 5.70. The lowest BCUT2D eigenvalue weighted by atomic mass is 10.0. The van der Waals surface area contributed by atoms with Crippen molar-refractivity contribution in [1.82, 2.24) is 4.98 Å². The third-order valence-corrected chi connectivity index (χ3v) is 4.44. The maximum atomic E-state index is 11.9. The van der Waals surface area contributed by atoms with E-state index in [1.165, 1.54) is 11.3 Å². The molecular weight excluding hydrogens is 258 g/mol. The van der Waals surface area contributed by atoms with E-state index in [9.17, 15) is 4.79 Å². The van der Waals surface area contributed by atoms with Crippen molar-refractivity contribution in [3.8, 4) is 10.6 Å². The molecule has 0 unspecified atom stereocenters. The molecule has 0 N–H and O–H groups in total. The predicted octanol–water partition coefficient (Wildman–Crippen LogP) is 3.48. The Bertz CT molecular complexity index is 618. The molecule has 1 heterocycles. The summed E-state index contributed by atoms with van der Waals surface area (Å²) in [7, 11) is 1.69. The highest BCUT2D eigenvalue weighted by atomic mass is 32.1. The highest BCUT2D eigenvalue weighted by molar-refractivity contribution is 7.17. The van der Waals surface area contributed by atoms with Crippen molar-refractivity contribution >= 4 is 17.1 Å². The fourth-order valence-corrected chi connectivity index (χ4v) is 3.43. The zero-order valence-corrected chi connectivity index (χ0v) is 11.6. The first-order valence-corrected chi connectivity index (χ1v) is 7.21. The molecular formula is C15H15NO2S. The van der Waals surface area contributed by atoms with Crippen molar-refractivity contribution in [2.75, 3.05) is 7.11 Å². The Kier molecular flexibility index (Phi) is 3.44. The van der Waals surface area contributed by atoms with Gasteiger partial charge >= 0.3 is 0 Å². The molecule has 0 saturated carbocycles. The standard InChI is InChI=1S/C15H15NO2S/c1-18-9-10-4-2-5-11(8-10)15-16-12-6-3-7-13(17)14(12)19-15/h2,4-5,8H,3,6-7,9H2,1H3. The SMILES string of the molecule is COCc1cccc(-c2nc3c(s2)C(=O)CCC3)c1. The number of thiazole rings is 1. The van der Waals surface area contributed by atoms with Gasteiger partial charge in [-0.3, -0.25) is 4.79 Å². The normalized spacial score (nSPS) is 14.5. The number of benzene rings is 1. The van der Waals surface area contributed by atoms with Gasteiger partial charge in [-0.2, -0.15) is 0 Å². The number of hydrogen-bond donors (Lipinski definition) is 0. The molecule has 0 atom stereocenters. The van der Waals surface area contributed by atoms with E-state index in [-0.39, 0.29) is 5.78 Å². The summed E-state index contributed by atoms with van der Waals surface area (Å²) in [6.07, 6.45) is 2.52. The summed E-state index contributed by atoms with van der Waals surface area (Å²) in [5, 5.41) is 0.943. The lowest BCUT2D eigenvalue weighted by Gasteiger charge is -2.06. The number of ketones is 1. The maximum Gasteiger partial charge on any atom is 0.174 e. The van der Waals surface area contributed by atoms with Gasteiger partial charge in [-0.25, -0.2) is 4.98 Å². The first kappa shape index (κ1) is 12.5. The molecule has 0 radical (unpaired) electrons. The average molecular weight is 273 g/mol. The third-order valence-electron chi connectivity index (χ3n) is 3.25. The van der Waals surface area contributed by atoms with Gasteiger partial charge in [0, 0.05) is 19.1 Å². The fourth-order valence-electron chi connectivity index (χ4n) is 2.35. The largest absolute Gasteiger partial charge is 0.380 e. The number of carbonyl (C=O) groups is 1. The number of aryl methyl sites for hydroxylation is 1. The van der Waals surface area contributed by atoms with Crippen LogP contribution in [0.15, 0.2) is 24.3 Å². The van der Waals surface area contributed by atoms with E-state index in [0.717, 1.165) is 39.5 Å². The zero-order chi connectivity index (χ0) is 13.2. The summed E-state index contributed by atoms with van der Waals surface area (Å²) in [5.74, 6) is 0.248. The number of carbonyl (C=O) groups excluding carboxylic acids is 1. The van der Waals surface area contributed by atoms with Crippen LogP contribution in [-0.4, -0.2) is 17.9 Å². The highest BCUT2D eigenvalue weighted by Gasteiger charge is 2.22. The van der Waals surface area contributed by atoms with Crippen LogP contribution in [-0.2, 0) is 17.8 Å². The Morgan fingerprint density at radius 2 is 2.26 bits per heavy atom. The number of methoxy groups -OCH3 is 1. The lowest BCUT2D eigenvalue weighted by Crippen LogP contribution is -2.07. The number of aromatic nitrogens is 1. The minimum absolute atomic E-state index is 0.248. The van der Waals surface area contributed by atoms with Crippen LogP contribution >= 0.6 is 11.3 Å². The second kappa shape index (κ2) is 5.23. The quantitative estimate of drug-likeness (QED) is 0.859. The van der Waals surface area contributed by atoms with E-state index in [1.54, 1.807) is 7.11 Å². The van der Waals surface area contributed by atoms with Crippen LogP contribution in [0.2, 0.25) is 0 Å². The Labute approximate surface area is 116 Å². The molecule has 2 aromatic rings. The lowest BCUT2D eigenvalue weighted by molar-refractivity contribution is 0.0976. The Morgan fingerprint density at radius 3 is 3.05 bits per heavy atom. The minimum atomic E-state index is 0.248. The van der Waals surface area contributed by atoms with Gasteiger partial charge in [-0.05, 0) is 24.5 Å². The smallest absolute Gasteiger partial charge is 0.174 e. The van der Waals surface area contributed by atoms with E-state index < -0.39 is 0 Å². The summed E-state index contributed by atoms with van der Waals surface area (Å²) in [4.78, 5) is 17.3. The first-order valence-electron chi connectivity index (χ1n) is 6.39. The van der Waals surface area contributed by atoms with Crippen LogP contribution in [0.25, 0.3) is 10.6 Å². The van der Waals surface area contributed by atoms with E-state index in [2.05, 4.69) is 11.1 Å². The summed E-state index contributed by atoms with van der Waals surface area (Å²) in [6, 6.07) is 8.16. The van der Waals surface area contributed by atoms with Crippen molar-refractivity contribution in [3.05, 3.63) is 40.4 Å². The number of fused-ring (bicyclic) bond motifs is 1. The van der Waals surface area contributed by atoms with E-state index in [0.29, 0.717) is 13.0 Å². The van der Waals surface area contributed by atoms with Crippen molar-refractivity contribution in [3.63, 3.8) is 0 Å². The van der Waals surface area contributed by atoms with E-state index in [1.807, 2.05) is 18.2 Å². The molecule has 98 valence electrons. The van der Waals surface area contributed by atoms with Gasteiger partial charge in [0.25, 0.3) is 0 Å². The third kappa shape index (κ3) is 2.46. The van der Waals surface area contributed by atoms with Crippen molar-refractivity contribution in [1.29, 1.82) is 0 Å². The number of Topliss-reactive ketones (excluding diaryl/α,β-unsaturated/α-hetero) is 1. The van der Waals surface area contributed by atoms with Crippen molar-refractivity contribution in [2.45, 2.75) is 25.9 Å². The monoisotopic (exact) mass is 273 g/mol. The number of ether oxygens (including phenoxy) is 1. The van der Waals surface area contributed by atoms with E-state index >= 15 is 0 Å². The van der Waals surface area contributed by atoms with Gasteiger partial charge in [0.05, 0.1) is 17.2 Å². The summed E-state index contributed by atoms with van der Waals surface area (Å²) < 4.78 is 5.15. The predicted molar refractivity (Wildman–Crippen MR) is 75.5 cm³/mol. The van der Waals surface area contributed by atoms with E-state index in [4.69, 9.17) is 4.74 Å². The molecule has 3 nitrogen and oxygen atoms in total. The Morgan fingerprint density at radius 1 is 1.37 bits per heavy atom. The number of hydrogen-bond acceptors (Lipinski definition) is 4. The summed E-state index contributed by atoms with van der Waals surface area (Å²) in [5.41, 5.74) is 3.18. The van der Waals surface area contributed by atoms with Gasteiger partial charge in [0.2, 0.25) is 0 Å². The molecule has 0 amide bonds. The molecule has 0 fully saturated rings. The first-order chi connectivity index (χ1) is 9.28. The van der Waals surface area contributed by atoms with Crippen LogP contribution in [0.4, 0.5) is 0 Å². The van der Waals surface area contributed by atoms with Crippen molar-refractivity contribution in [2.24, 2.45) is 0 Å². The van der Waals surface area contributed by atoms with Gasteiger partial charge in [-0.1, -0.05) is 18.2 Å². The molecule has 0 spiro atoms. The molecule has 19 heavy (non-hydrogen) atoms. The number of nitrogens with zero attached hydrogens (tertiary/aromatic N) is 1.